The van der Waals surface area contributed by atoms with Crippen LogP contribution in [-0.2, 0) is 27.4 Å². The number of carbonyl (C=O) groups excluding carboxylic acids is 2. The molecule has 0 spiro atoms. The van der Waals surface area contributed by atoms with E-state index in [-0.39, 0.29) is 12.3 Å². The van der Waals surface area contributed by atoms with Crippen molar-refractivity contribution in [2.75, 3.05) is 13.7 Å². The SMILES string of the molecule is COC(=O)[C@H](CO)NC(=O)Cc1csc2cc(OCc3ccc(Cl)cc3Cl)ccc12. The predicted octanol–water partition coefficient (Wildman–Crippen LogP) is 3.98. The lowest BCUT2D eigenvalue weighted by atomic mass is 10.1. The van der Waals surface area contributed by atoms with Gasteiger partial charge < -0.3 is 19.9 Å². The van der Waals surface area contributed by atoms with Crippen molar-refractivity contribution in [3.8, 4) is 5.75 Å². The van der Waals surface area contributed by atoms with Crippen LogP contribution in [0.2, 0.25) is 10.0 Å². The minimum Gasteiger partial charge on any atom is -0.489 e. The van der Waals surface area contributed by atoms with E-state index in [1.165, 1.54) is 18.4 Å². The second-order valence-electron chi connectivity index (χ2n) is 6.45. The maximum atomic E-state index is 12.3. The van der Waals surface area contributed by atoms with Crippen LogP contribution >= 0.6 is 34.5 Å². The van der Waals surface area contributed by atoms with Gasteiger partial charge in [-0.2, -0.15) is 0 Å². The van der Waals surface area contributed by atoms with E-state index in [0.717, 1.165) is 21.2 Å². The summed E-state index contributed by atoms with van der Waals surface area (Å²) in [6, 6.07) is 9.78. The molecule has 0 aliphatic heterocycles. The van der Waals surface area contributed by atoms with E-state index in [1.807, 2.05) is 29.6 Å². The van der Waals surface area contributed by atoms with Crippen LogP contribution in [0.25, 0.3) is 10.1 Å². The Kier molecular flexibility index (Phi) is 7.55. The number of halogens is 2. The summed E-state index contributed by atoms with van der Waals surface area (Å²) in [5.74, 6) is -0.391. The van der Waals surface area contributed by atoms with Crippen molar-refractivity contribution in [1.82, 2.24) is 5.32 Å². The Bertz CT molecular complexity index is 1070. The molecule has 2 aromatic carbocycles. The van der Waals surface area contributed by atoms with E-state index in [2.05, 4.69) is 10.1 Å². The molecule has 0 aliphatic carbocycles. The van der Waals surface area contributed by atoms with Gasteiger partial charge in [0.1, 0.15) is 12.4 Å². The monoisotopic (exact) mass is 467 g/mol. The summed E-state index contributed by atoms with van der Waals surface area (Å²) in [6.07, 6.45) is 0.0775. The molecule has 0 radical (unpaired) electrons. The van der Waals surface area contributed by atoms with Crippen molar-refractivity contribution in [2.45, 2.75) is 19.1 Å². The van der Waals surface area contributed by atoms with Gasteiger partial charge >= 0.3 is 5.97 Å². The van der Waals surface area contributed by atoms with Crippen LogP contribution in [0, 0.1) is 0 Å². The van der Waals surface area contributed by atoms with E-state index in [1.54, 1.807) is 12.1 Å². The van der Waals surface area contributed by atoms with Gasteiger partial charge in [-0.25, -0.2) is 4.79 Å². The summed E-state index contributed by atoms with van der Waals surface area (Å²) in [4.78, 5) is 23.8. The van der Waals surface area contributed by atoms with E-state index in [0.29, 0.717) is 22.4 Å². The van der Waals surface area contributed by atoms with Crippen molar-refractivity contribution < 1.29 is 24.2 Å². The van der Waals surface area contributed by atoms with E-state index in [9.17, 15) is 14.7 Å². The van der Waals surface area contributed by atoms with Crippen LogP contribution in [0.4, 0.5) is 0 Å². The normalized spacial score (nSPS) is 11.9. The van der Waals surface area contributed by atoms with Crippen molar-refractivity contribution in [2.24, 2.45) is 0 Å². The van der Waals surface area contributed by atoms with Crippen LogP contribution in [0.1, 0.15) is 11.1 Å². The number of methoxy groups -OCH3 is 1. The average molecular weight is 468 g/mol. The number of amides is 1. The molecule has 1 atom stereocenters. The first-order valence-electron chi connectivity index (χ1n) is 8.96. The number of benzene rings is 2. The largest absolute Gasteiger partial charge is 0.489 e. The average Bonchev–Trinajstić information content (AvgIpc) is 3.12. The number of carbonyl (C=O) groups is 2. The van der Waals surface area contributed by atoms with Crippen LogP contribution in [-0.4, -0.2) is 36.7 Å². The van der Waals surface area contributed by atoms with Gasteiger partial charge in [-0.1, -0.05) is 29.3 Å². The Balaban J connectivity index is 1.66. The maximum absolute atomic E-state index is 12.3. The number of aliphatic hydroxyl groups is 1. The zero-order valence-corrected chi connectivity index (χ0v) is 18.3. The summed E-state index contributed by atoms with van der Waals surface area (Å²) in [5, 5.41) is 15.6. The predicted molar refractivity (Wildman–Crippen MR) is 117 cm³/mol. The first kappa shape index (κ1) is 22.4. The lowest BCUT2D eigenvalue weighted by Gasteiger charge is -2.13. The van der Waals surface area contributed by atoms with Crippen LogP contribution < -0.4 is 10.1 Å². The molecular weight excluding hydrogens is 449 g/mol. The number of hydrogen-bond acceptors (Lipinski definition) is 6. The van der Waals surface area contributed by atoms with Crippen molar-refractivity contribution >= 4 is 56.5 Å². The Hall–Kier alpha value is -2.32. The Morgan fingerprint density at radius 2 is 1.97 bits per heavy atom. The maximum Gasteiger partial charge on any atom is 0.330 e. The fourth-order valence-corrected chi connectivity index (χ4v) is 4.28. The number of aliphatic hydroxyl groups excluding tert-OH is 1. The summed E-state index contributed by atoms with van der Waals surface area (Å²) in [6.45, 7) is -0.223. The van der Waals surface area contributed by atoms with Gasteiger partial charge in [-0.15, -0.1) is 11.3 Å². The molecule has 0 bridgehead atoms. The first-order chi connectivity index (χ1) is 14.4. The number of thiophene rings is 1. The molecule has 158 valence electrons. The quantitative estimate of drug-likeness (QED) is 0.489. The van der Waals surface area contributed by atoms with Gasteiger partial charge in [0.05, 0.1) is 20.1 Å². The van der Waals surface area contributed by atoms with Crippen LogP contribution in [0.5, 0.6) is 5.75 Å². The highest BCUT2D eigenvalue weighted by Crippen LogP contribution is 2.31. The fourth-order valence-electron chi connectivity index (χ4n) is 2.83. The van der Waals surface area contributed by atoms with Crippen molar-refractivity contribution in [3.63, 3.8) is 0 Å². The third-order valence-electron chi connectivity index (χ3n) is 4.39. The first-order valence-corrected chi connectivity index (χ1v) is 10.6. The summed E-state index contributed by atoms with van der Waals surface area (Å²) in [5.41, 5.74) is 1.65. The minimum atomic E-state index is -1.08. The standard InChI is InChI=1S/C21H19Cl2NO5S/c1-28-21(27)18(9-25)24-20(26)6-13-11-30-19-8-15(4-5-16(13)19)29-10-12-2-3-14(22)7-17(12)23/h2-5,7-8,11,18,25H,6,9-10H2,1H3,(H,24,26)/t18-/m0/s1. The second kappa shape index (κ2) is 10.1. The lowest BCUT2D eigenvalue weighted by Crippen LogP contribution is -2.44. The Labute approximate surface area is 187 Å². The van der Waals surface area contributed by atoms with Gasteiger partial charge in [0.25, 0.3) is 0 Å². The minimum absolute atomic E-state index is 0.0775. The third-order valence-corrected chi connectivity index (χ3v) is 5.97. The van der Waals surface area contributed by atoms with Gasteiger partial charge in [-0.3, -0.25) is 4.79 Å². The van der Waals surface area contributed by atoms with Gasteiger partial charge in [0.2, 0.25) is 5.91 Å². The van der Waals surface area contributed by atoms with Crippen molar-refractivity contribution in [1.29, 1.82) is 0 Å². The van der Waals surface area contributed by atoms with E-state index < -0.39 is 18.6 Å². The number of esters is 1. The van der Waals surface area contributed by atoms with E-state index >= 15 is 0 Å². The highest BCUT2D eigenvalue weighted by molar-refractivity contribution is 7.17. The molecule has 1 heterocycles. The Morgan fingerprint density at radius 3 is 2.67 bits per heavy atom. The highest BCUT2D eigenvalue weighted by atomic mass is 35.5. The topological polar surface area (TPSA) is 84.9 Å². The molecule has 0 saturated heterocycles. The van der Waals surface area contributed by atoms with Crippen LogP contribution in [0.15, 0.2) is 41.8 Å². The van der Waals surface area contributed by atoms with Crippen molar-refractivity contribution in [3.05, 3.63) is 63.0 Å². The molecule has 2 N–H and O–H groups in total. The molecule has 30 heavy (non-hydrogen) atoms. The van der Waals surface area contributed by atoms with E-state index in [4.69, 9.17) is 27.9 Å². The van der Waals surface area contributed by atoms with Gasteiger partial charge in [0, 0.05) is 20.3 Å². The third kappa shape index (κ3) is 5.43. The molecule has 0 unspecified atom stereocenters. The zero-order chi connectivity index (χ0) is 21.7. The smallest absolute Gasteiger partial charge is 0.330 e. The van der Waals surface area contributed by atoms with Crippen LogP contribution in [0.3, 0.4) is 0 Å². The fraction of sp³-hybridized carbons (Fsp3) is 0.238. The van der Waals surface area contributed by atoms with Gasteiger partial charge in [0.15, 0.2) is 6.04 Å². The van der Waals surface area contributed by atoms with Gasteiger partial charge in [-0.05, 0) is 46.7 Å². The molecular formula is C21H19Cl2NO5S. The number of nitrogens with one attached hydrogen (secondary N) is 1. The molecule has 3 rings (SSSR count). The molecule has 3 aromatic rings. The number of rotatable bonds is 8. The molecule has 0 saturated carbocycles. The molecule has 0 aliphatic rings. The highest BCUT2D eigenvalue weighted by Gasteiger charge is 2.21. The molecule has 0 fully saturated rings. The molecule has 6 nitrogen and oxygen atoms in total. The lowest BCUT2D eigenvalue weighted by molar-refractivity contribution is -0.146. The Morgan fingerprint density at radius 1 is 1.17 bits per heavy atom. The second-order valence-corrected chi connectivity index (χ2v) is 8.20. The summed E-state index contributed by atoms with van der Waals surface area (Å²) in [7, 11) is 1.20. The molecule has 1 amide bonds. The number of ether oxygens (including phenoxy) is 2. The number of fused-ring (bicyclic) bond motifs is 1. The molecule has 9 heteroatoms. The zero-order valence-electron chi connectivity index (χ0n) is 16.0. The number of hydrogen-bond donors (Lipinski definition) is 2. The molecule has 1 aromatic heterocycles. The summed E-state index contributed by atoms with van der Waals surface area (Å²) < 4.78 is 11.4. The summed E-state index contributed by atoms with van der Waals surface area (Å²) >= 11 is 13.6.